The molecule has 1 aliphatic heterocycles. The molecule has 21 heavy (non-hydrogen) atoms. The third-order valence-electron chi connectivity index (χ3n) is 4.92. The van der Waals surface area contributed by atoms with Crippen molar-refractivity contribution in [3.8, 4) is 0 Å². The van der Waals surface area contributed by atoms with Crippen LogP contribution in [0.15, 0.2) is 30.3 Å². The van der Waals surface area contributed by atoms with E-state index in [1.54, 1.807) is 0 Å². The number of aliphatic hydroxyl groups excluding tert-OH is 1. The first-order valence-electron chi connectivity index (χ1n) is 8.44. The molecule has 0 aromatic heterocycles. The van der Waals surface area contributed by atoms with E-state index < -0.39 is 0 Å². The van der Waals surface area contributed by atoms with Gasteiger partial charge in [0.25, 0.3) is 0 Å². The molecule has 2 fully saturated rings. The molecule has 1 aliphatic carbocycles. The van der Waals surface area contributed by atoms with Crippen molar-refractivity contribution < 1.29 is 9.84 Å². The van der Waals surface area contributed by atoms with Gasteiger partial charge in [-0.2, -0.15) is 0 Å². The molecular formula is C18H27NO2. The topological polar surface area (TPSA) is 32.7 Å². The van der Waals surface area contributed by atoms with Crippen LogP contribution in [0.25, 0.3) is 0 Å². The van der Waals surface area contributed by atoms with Gasteiger partial charge < -0.3 is 9.84 Å². The Kier molecular flexibility index (Phi) is 5.28. The second kappa shape index (κ2) is 7.39. The van der Waals surface area contributed by atoms with Crippen LogP contribution in [0.1, 0.15) is 44.1 Å². The maximum atomic E-state index is 10.1. The molecule has 3 rings (SSSR count). The van der Waals surface area contributed by atoms with Crippen LogP contribution in [0, 0.1) is 0 Å². The number of aliphatic hydroxyl groups is 1. The molecule has 3 nitrogen and oxygen atoms in total. The number of rotatable bonds is 5. The van der Waals surface area contributed by atoms with Crippen molar-refractivity contribution in [2.24, 2.45) is 0 Å². The van der Waals surface area contributed by atoms with E-state index >= 15 is 0 Å². The molecule has 1 saturated heterocycles. The Balaban J connectivity index is 1.52. The average Bonchev–Trinajstić information content (AvgIpc) is 2.95. The van der Waals surface area contributed by atoms with Crippen molar-refractivity contribution in [1.29, 1.82) is 0 Å². The standard InChI is InChI=1S/C18H27NO2/c20-18-11-6-13-19(18)16-9-4-5-10-17(16)21-14-12-15-7-2-1-3-8-15/h1-3,7-8,16-18,20H,4-6,9-14H2/t16-,17-,18?/m1/s1. The first-order valence-corrected chi connectivity index (χ1v) is 8.44. The first kappa shape index (κ1) is 15.0. The summed E-state index contributed by atoms with van der Waals surface area (Å²) in [5.41, 5.74) is 1.34. The average molecular weight is 289 g/mol. The van der Waals surface area contributed by atoms with E-state index in [1.807, 2.05) is 0 Å². The highest BCUT2D eigenvalue weighted by Gasteiger charge is 2.36. The summed E-state index contributed by atoms with van der Waals surface area (Å²) < 4.78 is 6.21. The van der Waals surface area contributed by atoms with Gasteiger partial charge in [0.1, 0.15) is 6.23 Å². The molecule has 0 bridgehead atoms. The van der Waals surface area contributed by atoms with Crippen LogP contribution in [0.4, 0.5) is 0 Å². The van der Waals surface area contributed by atoms with Crippen molar-refractivity contribution in [3.05, 3.63) is 35.9 Å². The second-order valence-corrected chi connectivity index (χ2v) is 6.36. The summed E-state index contributed by atoms with van der Waals surface area (Å²) in [5.74, 6) is 0. The zero-order valence-electron chi connectivity index (χ0n) is 12.8. The van der Waals surface area contributed by atoms with Crippen LogP contribution in [0.3, 0.4) is 0 Å². The number of nitrogens with zero attached hydrogens (tertiary/aromatic N) is 1. The molecule has 1 aromatic rings. The third kappa shape index (κ3) is 3.85. The highest BCUT2D eigenvalue weighted by atomic mass is 16.5. The van der Waals surface area contributed by atoms with E-state index in [-0.39, 0.29) is 6.23 Å². The largest absolute Gasteiger partial charge is 0.378 e. The molecule has 116 valence electrons. The van der Waals surface area contributed by atoms with Gasteiger partial charge in [-0.1, -0.05) is 43.2 Å². The predicted molar refractivity (Wildman–Crippen MR) is 84.1 cm³/mol. The van der Waals surface area contributed by atoms with Gasteiger partial charge in [-0.05, 0) is 37.7 Å². The molecule has 3 atom stereocenters. The monoisotopic (exact) mass is 289 g/mol. The number of likely N-dealkylation sites (tertiary alicyclic amines) is 1. The van der Waals surface area contributed by atoms with Crippen LogP contribution >= 0.6 is 0 Å². The predicted octanol–water partition coefficient (Wildman–Crippen LogP) is 2.97. The van der Waals surface area contributed by atoms with Gasteiger partial charge in [-0.25, -0.2) is 0 Å². The summed E-state index contributed by atoms with van der Waals surface area (Å²) in [5, 5.41) is 10.1. The summed E-state index contributed by atoms with van der Waals surface area (Å²) in [6.07, 6.45) is 7.93. The van der Waals surface area contributed by atoms with E-state index in [1.165, 1.54) is 24.8 Å². The molecule has 1 N–H and O–H groups in total. The Hall–Kier alpha value is -0.900. The second-order valence-electron chi connectivity index (χ2n) is 6.36. The lowest BCUT2D eigenvalue weighted by Crippen LogP contribution is -2.48. The molecule has 3 heteroatoms. The van der Waals surface area contributed by atoms with E-state index in [0.717, 1.165) is 38.8 Å². The molecule has 1 saturated carbocycles. The molecule has 2 aliphatic rings. The fourth-order valence-electron chi connectivity index (χ4n) is 3.78. The van der Waals surface area contributed by atoms with Crippen molar-refractivity contribution in [2.45, 2.75) is 63.3 Å². The van der Waals surface area contributed by atoms with Gasteiger partial charge >= 0.3 is 0 Å². The number of benzene rings is 1. The third-order valence-corrected chi connectivity index (χ3v) is 4.92. The molecular weight excluding hydrogens is 262 g/mol. The zero-order chi connectivity index (χ0) is 14.5. The molecule has 1 unspecified atom stereocenters. The van der Waals surface area contributed by atoms with Crippen LogP contribution in [0.5, 0.6) is 0 Å². The van der Waals surface area contributed by atoms with Crippen LogP contribution < -0.4 is 0 Å². The van der Waals surface area contributed by atoms with Crippen molar-refractivity contribution in [2.75, 3.05) is 13.2 Å². The van der Waals surface area contributed by atoms with E-state index in [0.29, 0.717) is 12.1 Å². The van der Waals surface area contributed by atoms with Gasteiger partial charge in [-0.3, -0.25) is 4.90 Å². The first-order chi connectivity index (χ1) is 10.3. The van der Waals surface area contributed by atoms with Crippen molar-refractivity contribution in [1.82, 2.24) is 4.90 Å². The van der Waals surface area contributed by atoms with Crippen molar-refractivity contribution in [3.63, 3.8) is 0 Å². The maximum Gasteiger partial charge on any atom is 0.107 e. The minimum atomic E-state index is -0.242. The van der Waals surface area contributed by atoms with E-state index in [4.69, 9.17) is 4.74 Å². The van der Waals surface area contributed by atoms with Crippen LogP contribution in [-0.4, -0.2) is 41.5 Å². The highest BCUT2D eigenvalue weighted by Crippen LogP contribution is 2.30. The summed E-state index contributed by atoms with van der Waals surface area (Å²) in [7, 11) is 0. The Bertz CT molecular complexity index is 422. The molecule has 0 spiro atoms. The van der Waals surface area contributed by atoms with Crippen LogP contribution in [-0.2, 0) is 11.2 Å². The number of hydrogen-bond donors (Lipinski definition) is 1. The fourth-order valence-corrected chi connectivity index (χ4v) is 3.78. The Morgan fingerprint density at radius 3 is 2.62 bits per heavy atom. The Labute approximate surface area is 127 Å². The Morgan fingerprint density at radius 2 is 1.86 bits per heavy atom. The molecule has 0 radical (unpaired) electrons. The normalized spacial score (nSPS) is 30.6. The summed E-state index contributed by atoms with van der Waals surface area (Å²) in [6, 6.07) is 11.0. The van der Waals surface area contributed by atoms with Gasteiger partial charge in [0.15, 0.2) is 0 Å². The van der Waals surface area contributed by atoms with E-state index in [9.17, 15) is 5.11 Å². The van der Waals surface area contributed by atoms with E-state index in [2.05, 4.69) is 35.2 Å². The summed E-state index contributed by atoms with van der Waals surface area (Å²) >= 11 is 0. The smallest absolute Gasteiger partial charge is 0.107 e. The van der Waals surface area contributed by atoms with Gasteiger partial charge in [0, 0.05) is 12.6 Å². The lowest BCUT2D eigenvalue weighted by atomic mass is 9.91. The maximum absolute atomic E-state index is 10.1. The molecule has 1 heterocycles. The lowest BCUT2D eigenvalue weighted by Gasteiger charge is -2.39. The minimum absolute atomic E-state index is 0.242. The Morgan fingerprint density at radius 1 is 1.05 bits per heavy atom. The van der Waals surface area contributed by atoms with Gasteiger partial charge in [0.05, 0.1) is 12.7 Å². The summed E-state index contributed by atoms with van der Waals surface area (Å²) in [6.45, 7) is 1.82. The lowest BCUT2D eigenvalue weighted by molar-refractivity contribution is -0.0775. The van der Waals surface area contributed by atoms with Crippen molar-refractivity contribution >= 4 is 0 Å². The SMILES string of the molecule is OC1CCCN1[C@@H]1CCCC[C@H]1OCCc1ccccc1. The summed E-state index contributed by atoms with van der Waals surface area (Å²) in [4.78, 5) is 2.28. The highest BCUT2D eigenvalue weighted by molar-refractivity contribution is 5.14. The van der Waals surface area contributed by atoms with Gasteiger partial charge in [-0.15, -0.1) is 0 Å². The fraction of sp³-hybridized carbons (Fsp3) is 0.667. The van der Waals surface area contributed by atoms with Gasteiger partial charge in [0.2, 0.25) is 0 Å². The minimum Gasteiger partial charge on any atom is -0.378 e. The quantitative estimate of drug-likeness (QED) is 0.904. The number of ether oxygens (including phenoxy) is 1. The number of hydrogen-bond acceptors (Lipinski definition) is 3. The molecule has 0 amide bonds. The molecule has 1 aromatic carbocycles. The zero-order valence-corrected chi connectivity index (χ0v) is 12.8. The van der Waals surface area contributed by atoms with Crippen LogP contribution in [0.2, 0.25) is 0 Å².